The third-order valence-electron chi connectivity index (χ3n) is 17.2. The summed E-state index contributed by atoms with van der Waals surface area (Å²) in [5, 5.41) is 205. The summed E-state index contributed by atoms with van der Waals surface area (Å²) in [4.78, 5) is 25.8. The summed E-state index contributed by atoms with van der Waals surface area (Å²) < 4.78 is 89.1. The Bertz CT molecular complexity index is 2280. The highest BCUT2D eigenvalue weighted by molar-refractivity contribution is 5.73. The van der Waals surface area contributed by atoms with Gasteiger partial charge in [-0.15, -0.1) is 0 Å². The van der Waals surface area contributed by atoms with E-state index >= 15 is 0 Å². The minimum atomic E-state index is -2.20. The number of hydrogen-bond acceptors (Lipinski definition) is 35. The molecule has 8 aliphatic heterocycles. The molecule has 20 N–H and O–H groups in total. The number of hydrogen-bond donors (Lipinski definition) is 20. The number of nitrogens with one attached hydrogen (secondary N) is 2. The third kappa shape index (κ3) is 15.3. The molecule has 0 unspecified atom stereocenters. The van der Waals surface area contributed by atoms with Crippen molar-refractivity contribution in [1.29, 1.82) is 0 Å². The first-order valence-electron chi connectivity index (χ1n) is 29.3. The molecule has 0 spiro atoms. The molecule has 89 heavy (non-hydrogen) atoms. The summed E-state index contributed by atoms with van der Waals surface area (Å²) in [6.07, 6.45) is -67.6. The Morgan fingerprint density at radius 1 is 0.292 bits per heavy atom. The first kappa shape index (κ1) is 72.4. The first-order chi connectivity index (χ1) is 41.8. The lowest BCUT2D eigenvalue weighted by atomic mass is 9.94. The molecule has 2 amide bonds. The Hall–Kier alpha value is -2.38. The summed E-state index contributed by atoms with van der Waals surface area (Å²) in [5.41, 5.74) is 0. The van der Waals surface area contributed by atoms with Gasteiger partial charge in [0.2, 0.25) is 11.8 Å². The van der Waals surface area contributed by atoms with Crippen molar-refractivity contribution in [3.05, 3.63) is 0 Å². The average Bonchev–Trinajstić information content (AvgIpc) is 1.86. The van der Waals surface area contributed by atoms with Crippen molar-refractivity contribution < 1.29 is 173 Å². The van der Waals surface area contributed by atoms with Gasteiger partial charge in [-0.05, 0) is 41.5 Å². The maximum atomic E-state index is 13.0. The molecule has 0 aromatic carbocycles. The van der Waals surface area contributed by atoms with Crippen LogP contribution in [-0.2, 0) is 80.6 Å². The summed E-state index contributed by atoms with van der Waals surface area (Å²) in [5.74, 6) is -1.65. The predicted molar refractivity (Wildman–Crippen MR) is 279 cm³/mol. The molecule has 0 aromatic rings. The van der Waals surface area contributed by atoms with Crippen molar-refractivity contribution in [3.63, 3.8) is 0 Å². The van der Waals surface area contributed by atoms with Crippen molar-refractivity contribution in [1.82, 2.24) is 10.6 Å². The topological polar surface area (TPSA) is 561 Å². The van der Waals surface area contributed by atoms with E-state index in [0.717, 1.165) is 13.8 Å². The van der Waals surface area contributed by atoms with Crippen molar-refractivity contribution in [2.45, 2.75) is 301 Å². The Kier molecular flexibility index (Phi) is 24.5. The van der Waals surface area contributed by atoms with Gasteiger partial charge in [-0.1, -0.05) is 0 Å². The fourth-order valence-corrected chi connectivity index (χ4v) is 11.9. The van der Waals surface area contributed by atoms with Gasteiger partial charge in [0.1, 0.15) is 159 Å². The molecule has 0 aliphatic carbocycles. The number of carbonyl (C=O) groups excluding carboxylic acids is 2. The van der Waals surface area contributed by atoms with E-state index in [9.17, 15) is 102 Å². The SMILES string of the molecule is CC(=O)N[C@H]1[C@H](O[C@H]2[C@H](O[C@H]3[C@H](O[C@@H]4[C@@H](O)[C@H](C)O[C@@H](O[C@H]5[C@H](O)[C@@H](CO)O[C@@H](O[C@H]6[C@H](O[C@@H]7[C@H](O)[C@@H](O)[C@H](C)O[C@@H]7O)O[C@@H](C)[C@H](O)[C@H]6O)[C@@H]5NC(C)=O)[C@@H]4O)O[C@@H](C)[C@H](O)[C@H]3O)O[C@@H](C)[C@H](O)[C@H]2O)O[C@H](CO)[C@@H](O)[C@@H]1O[C@@H]1O[C@@H](C)[C@H](O)[C@@H](O)[C@H]1O. The molecule has 8 heterocycles. The monoisotopic (exact) mass is 1300 g/mol. The average molecular weight is 1300 g/mol. The maximum Gasteiger partial charge on any atom is 0.217 e. The Labute approximate surface area is 508 Å². The van der Waals surface area contributed by atoms with Crippen LogP contribution in [0.15, 0.2) is 0 Å². The Morgan fingerprint density at radius 2 is 0.573 bits per heavy atom. The van der Waals surface area contributed by atoms with Crippen LogP contribution in [0.3, 0.4) is 0 Å². The van der Waals surface area contributed by atoms with Gasteiger partial charge < -0.3 is 174 Å². The number of rotatable bonds is 18. The van der Waals surface area contributed by atoms with Gasteiger partial charge in [0.25, 0.3) is 0 Å². The van der Waals surface area contributed by atoms with Crippen LogP contribution in [0.5, 0.6) is 0 Å². The second kappa shape index (κ2) is 30.1. The number of ether oxygens (including phenoxy) is 15. The van der Waals surface area contributed by atoms with Crippen molar-refractivity contribution in [2.24, 2.45) is 0 Å². The van der Waals surface area contributed by atoms with E-state index in [1.807, 2.05) is 0 Å². The zero-order valence-electron chi connectivity index (χ0n) is 49.5. The van der Waals surface area contributed by atoms with E-state index in [4.69, 9.17) is 71.1 Å². The second-order valence-electron chi connectivity index (χ2n) is 23.7. The molecule has 0 bridgehead atoms. The fourth-order valence-electron chi connectivity index (χ4n) is 11.9. The molecule has 0 radical (unpaired) electrons. The van der Waals surface area contributed by atoms with Crippen LogP contribution in [0.25, 0.3) is 0 Å². The highest BCUT2D eigenvalue weighted by Crippen LogP contribution is 2.39. The number of amides is 2. The molecule has 8 aliphatic rings. The highest BCUT2D eigenvalue weighted by Gasteiger charge is 2.60. The standard InChI is InChI=1S/C52H88N2O35/c1-11-24(60)32(68)41(45(74)75-11)86-51-42(33(69)25(61)14(4)79-51)87-47-22(54-18(8)58)39(30(66)20(10-56)82-47)84-49-37(73)40(28(64)16(6)77-49)85-50-44(35(71)27(63)13(3)78-50)89-52-43(34(70)26(62)15(5)80-52)88-46-21(53-17(7)57)38(29(65)19(9-55)81-46)83-48-36(72)31(67)23(59)12(2)76-48/h11-16,19-52,55-56,59-74H,9-10H2,1-8H3,(H,53,57)(H,54,58)/t11-,12-,13-,14-,15-,16-,19+,20+,21+,22+,23-,24-,25-,26-,27-,28-,29+,30+,31+,32+,33+,34+,35+,36+,37+,38+,39+,40+,41+,42+,43+,44+,45-,46-,47-,48-,49-,50-,51-,52-/m0/s1. The maximum absolute atomic E-state index is 13.0. The molecule has 37 heteroatoms. The molecule has 0 aromatic heterocycles. The third-order valence-corrected chi connectivity index (χ3v) is 17.2. The van der Waals surface area contributed by atoms with Gasteiger partial charge >= 0.3 is 0 Å². The van der Waals surface area contributed by atoms with E-state index in [1.54, 1.807) is 0 Å². The normalized spacial score (nSPS) is 53.4. The van der Waals surface area contributed by atoms with Crippen LogP contribution in [-0.4, -0.2) is 362 Å². The largest absolute Gasteiger partial charge is 0.394 e. The van der Waals surface area contributed by atoms with Crippen LogP contribution in [0.2, 0.25) is 0 Å². The van der Waals surface area contributed by atoms with Crippen LogP contribution < -0.4 is 10.6 Å². The summed E-state index contributed by atoms with van der Waals surface area (Å²) >= 11 is 0. The Balaban J connectivity index is 1.05. The summed E-state index contributed by atoms with van der Waals surface area (Å²) in [6, 6.07) is -3.44. The molecule has 0 saturated carbocycles. The second-order valence-corrected chi connectivity index (χ2v) is 23.7. The van der Waals surface area contributed by atoms with Gasteiger partial charge in [-0.25, -0.2) is 0 Å². The lowest BCUT2D eigenvalue weighted by Crippen LogP contribution is -2.70. The molecular weight excluding hydrogens is 1210 g/mol. The predicted octanol–water partition coefficient (Wildman–Crippen LogP) is -12.0. The quantitative estimate of drug-likeness (QED) is 0.0606. The molecule has 8 rings (SSSR count). The minimum Gasteiger partial charge on any atom is -0.394 e. The van der Waals surface area contributed by atoms with E-state index < -0.39 is 271 Å². The van der Waals surface area contributed by atoms with E-state index in [0.29, 0.717) is 0 Å². The molecule has 8 saturated heterocycles. The first-order valence-corrected chi connectivity index (χ1v) is 29.3. The number of aliphatic hydroxyl groups is 18. The van der Waals surface area contributed by atoms with Crippen molar-refractivity contribution >= 4 is 11.8 Å². The van der Waals surface area contributed by atoms with Gasteiger partial charge in [0.15, 0.2) is 50.3 Å². The van der Waals surface area contributed by atoms with Gasteiger partial charge in [0.05, 0.1) is 49.8 Å². The van der Waals surface area contributed by atoms with E-state index in [-0.39, 0.29) is 0 Å². The van der Waals surface area contributed by atoms with Crippen LogP contribution >= 0.6 is 0 Å². The Morgan fingerprint density at radius 3 is 0.944 bits per heavy atom. The zero-order valence-corrected chi connectivity index (χ0v) is 49.5. The van der Waals surface area contributed by atoms with E-state index in [2.05, 4.69) is 10.6 Å². The number of carbonyl (C=O) groups is 2. The molecule has 40 atom stereocenters. The summed E-state index contributed by atoms with van der Waals surface area (Å²) in [7, 11) is 0. The van der Waals surface area contributed by atoms with Crippen LogP contribution in [0.1, 0.15) is 55.4 Å². The zero-order chi connectivity index (χ0) is 65.7. The lowest BCUT2D eigenvalue weighted by Gasteiger charge is -2.51. The lowest BCUT2D eigenvalue weighted by molar-refractivity contribution is -0.402. The fraction of sp³-hybridized carbons (Fsp3) is 0.962. The molecule has 37 nitrogen and oxygen atoms in total. The van der Waals surface area contributed by atoms with Gasteiger partial charge in [0, 0.05) is 13.8 Å². The molecular formula is C52H88N2O35. The van der Waals surface area contributed by atoms with Gasteiger partial charge in [-0.2, -0.15) is 0 Å². The summed E-state index contributed by atoms with van der Waals surface area (Å²) in [6.45, 7) is 8.03. The van der Waals surface area contributed by atoms with E-state index in [1.165, 1.54) is 41.5 Å². The van der Waals surface area contributed by atoms with Crippen LogP contribution in [0, 0.1) is 0 Å². The van der Waals surface area contributed by atoms with Crippen LogP contribution in [0.4, 0.5) is 0 Å². The molecule has 8 fully saturated rings. The number of aliphatic hydroxyl groups excluding tert-OH is 18. The van der Waals surface area contributed by atoms with Crippen molar-refractivity contribution in [2.75, 3.05) is 13.2 Å². The highest BCUT2D eigenvalue weighted by atomic mass is 16.8. The van der Waals surface area contributed by atoms with Gasteiger partial charge in [-0.3, -0.25) is 9.59 Å². The van der Waals surface area contributed by atoms with Crippen molar-refractivity contribution in [3.8, 4) is 0 Å². The smallest absolute Gasteiger partial charge is 0.217 e. The minimum absolute atomic E-state index is 0.809. The molecule has 516 valence electrons.